The molecule has 0 radical (unpaired) electrons. The van der Waals surface area contributed by atoms with E-state index in [1.165, 1.54) is 6.07 Å². The SMILES string of the molecule is Fc1ccccc1-c1ccnc(-c2ccccc2)c1. The standard InChI is InChI=1S/C17H12FN/c18-16-9-5-4-8-15(16)14-10-11-19-17(12-14)13-6-2-1-3-7-13/h1-12H. The number of halogens is 1. The number of rotatable bonds is 2. The molecule has 0 saturated carbocycles. The van der Waals surface area contributed by atoms with E-state index in [2.05, 4.69) is 4.98 Å². The second-order valence-electron chi connectivity index (χ2n) is 4.28. The van der Waals surface area contributed by atoms with Crippen LogP contribution in [0.1, 0.15) is 0 Å². The third-order valence-electron chi connectivity index (χ3n) is 3.01. The monoisotopic (exact) mass is 249 g/mol. The Bertz CT molecular complexity index is 692. The molecule has 0 amide bonds. The molecule has 0 aliphatic heterocycles. The fraction of sp³-hybridized carbons (Fsp3) is 0. The first-order valence-electron chi connectivity index (χ1n) is 6.11. The molecule has 0 aliphatic rings. The number of hydrogen-bond donors (Lipinski definition) is 0. The van der Waals surface area contributed by atoms with Gasteiger partial charge in [-0.1, -0.05) is 48.5 Å². The summed E-state index contributed by atoms with van der Waals surface area (Å²) in [6.07, 6.45) is 1.71. The highest BCUT2D eigenvalue weighted by molar-refractivity contribution is 5.70. The lowest BCUT2D eigenvalue weighted by Crippen LogP contribution is -1.87. The van der Waals surface area contributed by atoms with Crippen LogP contribution in [-0.4, -0.2) is 4.98 Å². The predicted octanol–water partition coefficient (Wildman–Crippen LogP) is 4.55. The zero-order chi connectivity index (χ0) is 13.1. The van der Waals surface area contributed by atoms with E-state index in [1.807, 2.05) is 48.5 Å². The first-order chi connectivity index (χ1) is 9.34. The van der Waals surface area contributed by atoms with E-state index in [9.17, 15) is 4.39 Å². The summed E-state index contributed by atoms with van der Waals surface area (Å²) < 4.78 is 13.8. The van der Waals surface area contributed by atoms with E-state index in [-0.39, 0.29) is 5.82 Å². The number of nitrogens with zero attached hydrogens (tertiary/aromatic N) is 1. The molecule has 0 atom stereocenters. The van der Waals surface area contributed by atoms with Crippen LogP contribution < -0.4 is 0 Å². The summed E-state index contributed by atoms with van der Waals surface area (Å²) >= 11 is 0. The molecule has 19 heavy (non-hydrogen) atoms. The largest absolute Gasteiger partial charge is 0.256 e. The zero-order valence-corrected chi connectivity index (χ0v) is 10.3. The van der Waals surface area contributed by atoms with Crippen LogP contribution in [0.3, 0.4) is 0 Å². The highest BCUT2D eigenvalue weighted by Gasteiger charge is 2.06. The smallest absolute Gasteiger partial charge is 0.131 e. The molecule has 1 nitrogen and oxygen atoms in total. The first kappa shape index (κ1) is 11.6. The van der Waals surface area contributed by atoms with Crippen molar-refractivity contribution >= 4 is 0 Å². The fourth-order valence-corrected chi connectivity index (χ4v) is 2.06. The molecule has 0 aliphatic carbocycles. The average molecular weight is 249 g/mol. The molecule has 3 rings (SSSR count). The Balaban J connectivity index is 2.09. The van der Waals surface area contributed by atoms with Crippen molar-refractivity contribution in [2.24, 2.45) is 0 Å². The number of aromatic nitrogens is 1. The van der Waals surface area contributed by atoms with Gasteiger partial charge in [0.25, 0.3) is 0 Å². The molecule has 0 spiro atoms. The molecular formula is C17H12FN. The van der Waals surface area contributed by atoms with Crippen molar-refractivity contribution in [1.82, 2.24) is 4.98 Å². The third kappa shape index (κ3) is 2.38. The Morgan fingerprint density at radius 3 is 2.26 bits per heavy atom. The molecule has 0 fully saturated rings. The quantitative estimate of drug-likeness (QED) is 0.649. The molecule has 0 unspecified atom stereocenters. The third-order valence-corrected chi connectivity index (χ3v) is 3.01. The minimum atomic E-state index is -0.215. The second-order valence-corrected chi connectivity index (χ2v) is 4.28. The van der Waals surface area contributed by atoms with Gasteiger partial charge in [-0.05, 0) is 23.8 Å². The second kappa shape index (κ2) is 5.02. The van der Waals surface area contributed by atoms with Crippen LogP contribution in [0.25, 0.3) is 22.4 Å². The lowest BCUT2D eigenvalue weighted by atomic mass is 10.0. The normalized spacial score (nSPS) is 10.4. The molecule has 3 aromatic rings. The summed E-state index contributed by atoms with van der Waals surface area (Å²) in [5.74, 6) is -0.215. The predicted molar refractivity (Wildman–Crippen MR) is 75.1 cm³/mol. The van der Waals surface area contributed by atoms with E-state index in [1.54, 1.807) is 18.3 Å². The van der Waals surface area contributed by atoms with E-state index in [0.717, 1.165) is 16.8 Å². The van der Waals surface area contributed by atoms with Crippen molar-refractivity contribution in [3.63, 3.8) is 0 Å². The number of hydrogen-bond acceptors (Lipinski definition) is 1. The van der Waals surface area contributed by atoms with Gasteiger partial charge in [-0.3, -0.25) is 4.98 Å². The van der Waals surface area contributed by atoms with Gasteiger partial charge in [0.1, 0.15) is 5.82 Å². The Morgan fingerprint density at radius 2 is 1.47 bits per heavy atom. The Kier molecular flexibility index (Phi) is 3.07. The molecule has 2 heteroatoms. The number of pyridine rings is 1. The minimum absolute atomic E-state index is 0.215. The van der Waals surface area contributed by atoms with Gasteiger partial charge in [0.05, 0.1) is 5.69 Å². The lowest BCUT2D eigenvalue weighted by Gasteiger charge is -2.06. The summed E-state index contributed by atoms with van der Waals surface area (Å²) in [7, 11) is 0. The van der Waals surface area contributed by atoms with E-state index >= 15 is 0 Å². The molecule has 92 valence electrons. The van der Waals surface area contributed by atoms with Crippen molar-refractivity contribution < 1.29 is 4.39 Å². The van der Waals surface area contributed by atoms with Crippen molar-refractivity contribution in [2.75, 3.05) is 0 Å². The van der Waals surface area contributed by atoms with Crippen LogP contribution >= 0.6 is 0 Å². The van der Waals surface area contributed by atoms with Gasteiger partial charge in [0, 0.05) is 17.3 Å². The maximum Gasteiger partial charge on any atom is 0.131 e. The van der Waals surface area contributed by atoms with Crippen LogP contribution in [0.2, 0.25) is 0 Å². The van der Waals surface area contributed by atoms with Crippen molar-refractivity contribution in [2.45, 2.75) is 0 Å². The van der Waals surface area contributed by atoms with Gasteiger partial charge < -0.3 is 0 Å². The van der Waals surface area contributed by atoms with Crippen molar-refractivity contribution in [1.29, 1.82) is 0 Å². The van der Waals surface area contributed by atoms with E-state index in [0.29, 0.717) is 5.56 Å². The summed E-state index contributed by atoms with van der Waals surface area (Å²) in [5.41, 5.74) is 3.32. The van der Waals surface area contributed by atoms with Crippen LogP contribution in [0.4, 0.5) is 4.39 Å². The topological polar surface area (TPSA) is 12.9 Å². The highest BCUT2D eigenvalue weighted by Crippen LogP contribution is 2.26. The summed E-state index contributed by atoms with van der Waals surface area (Å²) in [6.45, 7) is 0. The van der Waals surface area contributed by atoms with Gasteiger partial charge in [-0.25, -0.2) is 4.39 Å². The molecule has 2 aromatic carbocycles. The minimum Gasteiger partial charge on any atom is -0.256 e. The van der Waals surface area contributed by atoms with Crippen LogP contribution in [0, 0.1) is 5.82 Å². The van der Waals surface area contributed by atoms with Gasteiger partial charge >= 0.3 is 0 Å². The Labute approximate surface area is 111 Å². The van der Waals surface area contributed by atoms with Gasteiger partial charge in [-0.2, -0.15) is 0 Å². The average Bonchev–Trinajstić information content (AvgIpc) is 2.49. The molecule has 1 aromatic heterocycles. The Morgan fingerprint density at radius 1 is 0.737 bits per heavy atom. The molecular weight excluding hydrogens is 237 g/mol. The summed E-state index contributed by atoms with van der Waals surface area (Å²) in [6, 6.07) is 20.4. The van der Waals surface area contributed by atoms with Gasteiger partial charge in [0.15, 0.2) is 0 Å². The van der Waals surface area contributed by atoms with Crippen LogP contribution in [-0.2, 0) is 0 Å². The lowest BCUT2D eigenvalue weighted by molar-refractivity contribution is 0.631. The molecule has 0 N–H and O–H groups in total. The first-order valence-corrected chi connectivity index (χ1v) is 6.11. The Hall–Kier alpha value is -2.48. The zero-order valence-electron chi connectivity index (χ0n) is 10.3. The molecule has 1 heterocycles. The van der Waals surface area contributed by atoms with Crippen molar-refractivity contribution in [3.05, 3.63) is 78.7 Å². The van der Waals surface area contributed by atoms with E-state index < -0.39 is 0 Å². The molecule has 0 saturated heterocycles. The van der Waals surface area contributed by atoms with Crippen molar-refractivity contribution in [3.8, 4) is 22.4 Å². The van der Waals surface area contributed by atoms with Crippen LogP contribution in [0.15, 0.2) is 72.9 Å². The summed E-state index contributed by atoms with van der Waals surface area (Å²) in [5, 5.41) is 0. The fourth-order valence-electron chi connectivity index (χ4n) is 2.06. The maximum absolute atomic E-state index is 13.8. The summed E-state index contributed by atoms with van der Waals surface area (Å²) in [4.78, 5) is 4.34. The van der Waals surface area contributed by atoms with Gasteiger partial charge in [-0.15, -0.1) is 0 Å². The highest BCUT2D eigenvalue weighted by atomic mass is 19.1. The number of benzene rings is 2. The maximum atomic E-state index is 13.8. The van der Waals surface area contributed by atoms with E-state index in [4.69, 9.17) is 0 Å². The van der Waals surface area contributed by atoms with Crippen LogP contribution in [0.5, 0.6) is 0 Å². The molecule has 0 bridgehead atoms. The van der Waals surface area contributed by atoms with Gasteiger partial charge in [0.2, 0.25) is 0 Å².